The van der Waals surface area contributed by atoms with Gasteiger partial charge in [0.15, 0.2) is 0 Å². The van der Waals surface area contributed by atoms with E-state index in [0.717, 1.165) is 17.2 Å². The first-order valence-corrected chi connectivity index (χ1v) is 8.91. The van der Waals surface area contributed by atoms with E-state index in [1.165, 1.54) is 6.20 Å². The highest BCUT2D eigenvalue weighted by Crippen LogP contribution is 2.23. The monoisotopic (exact) mass is 362 g/mol. The summed E-state index contributed by atoms with van der Waals surface area (Å²) in [6.45, 7) is 5.18. The Hall–Kier alpha value is -3.41. The molecule has 6 nitrogen and oxygen atoms in total. The molecule has 138 valence electrons. The Balaban J connectivity index is 1.62. The quantitative estimate of drug-likeness (QED) is 0.670. The van der Waals surface area contributed by atoms with Crippen LogP contribution in [0.1, 0.15) is 24.3 Å². The second-order valence-corrected chi connectivity index (χ2v) is 5.83. The molecule has 0 atom stereocenters. The summed E-state index contributed by atoms with van der Waals surface area (Å²) in [5, 5.41) is 3.16. The van der Waals surface area contributed by atoms with Crippen LogP contribution in [0.4, 0.5) is 11.5 Å². The van der Waals surface area contributed by atoms with Gasteiger partial charge < -0.3 is 15.0 Å². The Morgan fingerprint density at radius 3 is 2.19 bits per heavy atom. The van der Waals surface area contributed by atoms with Gasteiger partial charge in [0.2, 0.25) is 0 Å². The minimum absolute atomic E-state index is 0.110. The number of nitrogens with one attached hydrogen (secondary N) is 1. The number of carbonyl (C=O) groups excluding carboxylic acids is 1. The molecule has 2 aromatic carbocycles. The Kier molecular flexibility index (Phi) is 5.99. The average molecular weight is 362 g/mol. The normalized spacial score (nSPS) is 10.3. The van der Waals surface area contributed by atoms with Crippen molar-refractivity contribution in [2.24, 2.45) is 0 Å². The van der Waals surface area contributed by atoms with Crippen LogP contribution < -0.4 is 10.1 Å². The third kappa shape index (κ3) is 4.82. The molecule has 0 aliphatic heterocycles. The summed E-state index contributed by atoms with van der Waals surface area (Å²) in [5.41, 5.74) is 1.20. The van der Waals surface area contributed by atoms with Gasteiger partial charge in [-0.15, -0.1) is 0 Å². The number of anilines is 2. The Labute approximate surface area is 158 Å². The number of nitrogens with zero attached hydrogens (tertiary/aromatic N) is 3. The van der Waals surface area contributed by atoms with Crippen molar-refractivity contribution in [3.63, 3.8) is 0 Å². The van der Waals surface area contributed by atoms with Gasteiger partial charge in [-0.25, -0.2) is 9.97 Å². The fourth-order valence-corrected chi connectivity index (χ4v) is 2.55. The molecule has 0 unspecified atom stereocenters. The summed E-state index contributed by atoms with van der Waals surface area (Å²) in [6.07, 6.45) is 3.06. The molecule has 27 heavy (non-hydrogen) atoms. The first kappa shape index (κ1) is 18.4. The van der Waals surface area contributed by atoms with Crippen molar-refractivity contribution in [2.75, 3.05) is 18.4 Å². The summed E-state index contributed by atoms with van der Waals surface area (Å²) in [6, 6.07) is 17.2. The van der Waals surface area contributed by atoms with Crippen molar-refractivity contribution in [1.29, 1.82) is 0 Å². The lowest BCUT2D eigenvalue weighted by atomic mass is 10.3. The molecule has 3 aromatic rings. The van der Waals surface area contributed by atoms with Gasteiger partial charge in [-0.2, -0.15) is 0 Å². The molecule has 0 radical (unpaired) electrons. The number of benzene rings is 2. The van der Waals surface area contributed by atoms with E-state index in [2.05, 4.69) is 15.3 Å². The van der Waals surface area contributed by atoms with Gasteiger partial charge in [0.1, 0.15) is 23.0 Å². The summed E-state index contributed by atoms with van der Waals surface area (Å²) in [7, 11) is 0. The molecule has 6 heteroatoms. The van der Waals surface area contributed by atoms with E-state index in [1.807, 2.05) is 68.4 Å². The number of para-hydroxylation sites is 1. The van der Waals surface area contributed by atoms with Crippen LogP contribution in [0.15, 0.2) is 67.0 Å². The van der Waals surface area contributed by atoms with Crippen LogP contribution in [-0.4, -0.2) is 33.9 Å². The summed E-state index contributed by atoms with van der Waals surface area (Å²) in [4.78, 5) is 22.5. The van der Waals surface area contributed by atoms with Crippen LogP contribution in [0.2, 0.25) is 0 Å². The maximum absolute atomic E-state index is 12.3. The van der Waals surface area contributed by atoms with Crippen molar-refractivity contribution < 1.29 is 9.53 Å². The highest BCUT2D eigenvalue weighted by Gasteiger charge is 2.14. The lowest BCUT2D eigenvalue weighted by Gasteiger charge is -2.17. The molecular formula is C21H22N4O2. The zero-order valence-corrected chi connectivity index (χ0v) is 15.4. The lowest BCUT2D eigenvalue weighted by Crippen LogP contribution is -2.31. The first-order valence-electron chi connectivity index (χ1n) is 8.91. The van der Waals surface area contributed by atoms with Crippen molar-refractivity contribution in [2.45, 2.75) is 13.8 Å². The standard InChI is InChI=1S/C21H22N4O2/c1-3-25(4-2)21(26)19-14-23-20(15-22-19)24-16-10-12-18(13-11-16)27-17-8-6-5-7-9-17/h5-15H,3-4H2,1-2H3,(H,23,24). The molecule has 0 saturated carbocycles. The maximum Gasteiger partial charge on any atom is 0.274 e. The van der Waals surface area contributed by atoms with E-state index in [0.29, 0.717) is 24.6 Å². The SMILES string of the molecule is CCN(CC)C(=O)c1cnc(Nc2ccc(Oc3ccccc3)cc2)cn1. The van der Waals surface area contributed by atoms with E-state index in [4.69, 9.17) is 4.74 Å². The third-order valence-corrected chi connectivity index (χ3v) is 4.03. The van der Waals surface area contributed by atoms with Crippen LogP contribution in [-0.2, 0) is 0 Å². The second kappa shape index (κ2) is 8.80. The molecular weight excluding hydrogens is 340 g/mol. The molecule has 1 amide bonds. The smallest absolute Gasteiger partial charge is 0.274 e. The number of ether oxygens (including phenoxy) is 1. The molecule has 3 rings (SSSR count). The van der Waals surface area contributed by atoms with Gasteiger partial charge in [0.05, 0.1) is 12.4 Å². The van der Waals surface area contributed by atoms with Crippen molar-refractivity contribution in [1.82, 2.24) is 14.9 Å². The van der Waals surface area contributed by atoms with Crippen LogP contribution in [0.5, 0.6) is 11.5 Å². The minimum Gasteiger partial charge on any atom is -0.457 e. The molecule has 0 fully saturated rings. The van der Waals surface area contributed by atoms with E-state index in [9.17, 15) is 4.79 Å². The van der Waals surface area contributed by atoms with Crippen molar-refractivity contribution in [3.8, 4) is 11.5 Å². The van der Waals surface area contributed by atoms with Gasteiger partial charge in [-0.1, -0.05) is 18.2 Å². The van der Waals surface area contributed by atoms with Gasteiger partial charge in [0.25, 0.3) is 5.91 Å². The van der Waals surface area contributed by atoms with Gasteiger partial charge in [-0.3, -0.25) is 4.79 Å². The summed E-state index contributed by atoms with van der Waals surface area (Å²) < 4.78 is 5.77. The molecule has 1 heterocycles. The highest BCUT2D eigenvalue weighted by atomic mass is 16.5. The topological polar surface area (TPSA) is 67.4 Å². The van der Waals surface area contributed by atoms with Crippen LogP contribution in [0, 0.1) is 0 Å². The number of rotatable bonds is 7. The zero-order valence-electron chi connectivity index (χ0n) is 15.4. The Morgan fingerprint density at radius 2 is 1.59 bits per heavy atom. The predicted octanol–water partition coefficient (Wildman–Crippen LogP) is 4.49. The Morgan fingerprint density at radius 1 is 0.926 bits per heavy atom. The fraction of sp³-hybridized carbons (Fsp3) is 0.190. The second-order valence-electron chi connectivity index (χ2n) is 5.83. The van der Waals surface area contributed by atoms with E-state index >= 15 is 0 Å². The average Bonchev–Trinajstić information content (AvgIpc) is 2.72. The van der Waals surface area contributed by atoms with Crippen LogP contribution >= 0.6 is 0 Å². The maximum atomic E-state index is 12.3. The number of hydrogen-bond donors (Lipinski definition) is 1. The van der Waals surface area contributed by atoms with E-state index in [1.54, 1.807) is 11.1 Å². The van der Waals surface area contributed by atoms with Gasteiger partial charge in [-0.05, 0) is 50.2 Å². The van der Waals surface area contributed by atoms with Gasteiger partial charge >= 0.3 is 0 Å². The predicted molar refractivity (Wildman–Crippen MR) is 106 cm³/mol. The summed E-state index contributed by atoms with van der Waals surface area (Å²) >= 11 is 0. The van der Waals surface area contributed by atoms with Crippen molar-refractivity contribution in [3.05, 3.63) is 72.7 Å². The molecule has 0 bridgehead atoms. The molecule has 0 aliphatic rings. The molecule has 0 spiro atoms. The zero-order chi connectivity index (χ0) is 19.1. The number of amides is 1. The minimum atomic E-state index is -0.110. The third-order valence-electron chi connectivity index (χ3n) is 4.03. The highest BCUT2D eigenvalue weighted by molar-refractivity contribution is 5.92. The largest absolute Gasteiger partial charge is 0.457 e. The fourth-order valence-electron chi connectivity index (χ4n) is 2.55. The van der Waals surface area contributed by atoms with E-state index < -0.39 is 0 Å². The Bertz CT molecular complexity index is 861. The molecule has 1 aromatic heterocycles. The van der Waals surface area contributed by atoms with Gasteiger partial charge in [0, 0.05) is 18.8 Å². The molecule has 0 aliphatic carbocycles. The number of hydrogen-bond acceptors (Lipinski definition) is 5. The summed E-state index contributed by atoms with van der Waals surface area (Å²) in [5.74, 6) is 2.00. The first-order chi connectivity index (χ1) is 13.2. The van der Waals surface area contributed by atoms with Crippen molar-refractivity contribution >= 4 is 17.4 Å². The van der Waals surface area contributed by atoms with Crippen LogP contribution in [0.3, 0.4) is 0 Å². The number of carbonyl (C=O) groups is 1. The number of aromatic nitrogens is 2. The molecule has 0 saturated heterocycles. The van der Waals surface area contributed by atoms with Crippen LogP contribution in [0.25, 0.3) is 0 Å². The van der Waals surface area contributed by atoms with E-state index in [-0.39, 0.29) is 5.91 Å². The molecule has 1 N–H and O–H groups in total. The lowest BCUT2D eigenvalue weighted by molar-refractivity contribution is 0.0766.